The maximum atomic E-state index is 13.2. The molecule has 12 heteroatoms. The normalized spacial score (nSPS) is 20.0. The van der Waals surface area contributed by atoms with Crippen molar-refractivity contribution in [2.75, 3.05) is 66.2 Å². The topological polar surface area (TPSA) is 127 Å². The number of carbonyl (C=O) groups excluding carboxylic acids is 2. The monoisotopic (exact) mass is 498 g/mol. The number of nitrogens with one attached hydrogen (secondary N) is 2. The van der Waals surface area contributed by atoms with Gasteiger partial charge in [0.2, 0.25) is 10.0 Å². The van der Waals surface area contributed by atoms with Gasteiger partial charge in [-0.15, -0.1) is 0 Å². The summed E-state index contributed by atoms with van der Waals surface area (Å²) < 4.78 is 43.8. The minimum atomic E-state index is -3.87. The van der Waals surface area contributed by atoms with E-state index in [9.17, 15) is 18.0 Å². The van der Waals surface area contributed by atoms with Gasteiger partial charge in [0.25, 0.3) is 0 Å². The lowest BCUT2D eigenvalue weighted by Gasteiger charge is -2.34. The van der Waals surface area contributed by atoms with Gasteiger partial charge in [-0.3, -0.25) is 14.5 Å². The van der Waals surface area contributed by atoms with Crippen LogP contribution in [0, 0.1) is 6.92 Å². The first-order chi connectivity index (χ1) is 16.3. The second-order valence-corrected chi connectivity index (χ2v) is 10.1. The van der Waals surface area contributed by atoms with Crippen LogP contribution in [0.5, 0.6) is 5.75 Å². The Labute approximate surface area is 200 Å². The molecular formula is C22H34N4O7S. The van der Waals surface area contributed by atoms with Crippen molar-refractivity contribution in [3.63, 3.8) is 0 Å². The van der Waals surface area contributed by atoms with E-state index in [1.807, 2.05) is 0 Å². The molecule has 11 nitrogen and oxygen atoms in total. The first-order valence-corrected chi connectivity index (χ1v) is 12.9. The average molecular weight is 499 g/mol. The highest BCUT2D eigenvalue weighted by Gasteiger charge is 2.35. The molecule has 34 heavy (non-hydrogen) atoms. The molecule has 190 valence electrons. The van der Waals surface area contributed by atoms with Crippen LogP contribution in [0.2, 0.25) is 0 Å². The third kappa shape index (κ3) is 6.89. The molecule has 2 heterocycles. The molecule has 0 radical (unpaired) electrons. The zero-order valence-corrected chi connectivity index (χ0v) is 20.6. The van der Waals surface area contributed by atoms with Crippen molar-refractivity contribution in [1.82, 2.24) is 19.8 Å². The van der Waals surface area contributed by atoms with Gasteiger partial charge in [0.15, 0.2) is 0 Å². The Hall–Kier alpha value is -2.25. The van der Waals surface area contributed by atoms with Crippen molar-refractivity contribution < 1.29 is 32.2 Å². The van der Waals surface area contributed by atoms with E-state index in [2.05, 4.69) is 15.5 Å². The smallest absolute Gasteiger partial charge is 0.309 e. The van der Waals surface area contributed by atoms with Gasteiger partial charge in [0, 0.05) is 26.2 Å². The number of carbonyl (C=O) groups is 2. The molecule has 0 saturated carbocycles. The lowest BCUT2D eigenvalue weighted by Crippen LogP contribution is -2.53. The lowest BCUT2D eigenvalue weighted by molar-refractivity contribution is -0.140. The average Bonchev–Trinajstić information content (AvgIpc) is 2.85. The highest BCUT2D eigenvalue weighted by Crippen LogP contribution is 2.26. The lowest BCUT2D eigenvalue weighted by atomic mass is 10.2. The molecule has 3 rings (SSSR count). The summed E-state index contributed by atoms with van der Waals surface area (Å²) in [5.74, 6) is -0.982. The van der Waals surface area contributed by atoms with Crippen LogP contribution in [0.25, 0.3) is 0 Å². The van der Waals surface area contributed by atoms with Crippen LogP contribution < -0.4 is 15.4 Å². The summed E-state index contributed by atoms with van der Waals surface area (Å²) in [6, 6.07) is 4.63. The molecule has 1 aromatic rings. The highest BCUT2D eigenvalue weighted by molar-refractivity contribution is 7.89. The SMILES string of the molecule is COc1ccc(S(=O)(=O)N2CCCO[C@H]2CNC(=O)C(=O)NCCCN2CCOCC2)cc1C. The molecule has 0 aromatic heterocycles. The van der Waals surface area contributed by atoms with E-state index in [0.29, 0.717) is 44.1 Å². The summed E-state index contributed by atoms with van der Waals surface area (Å²) in [6.45, 7) is 6.60. The van der Waals surface area contributed by atoms with E-state index in [-0.39, 0.29) is 18.0 Å². The van der Waals surface area contributed by atoms with E-state index < -0.39 is 28.1 Å². The van der Waals surface area contributed by atoms with Gasteiger partial charge < -0.3 is 24.8 Å². The molecule has 0 aliphatic carbocycles. The van der Waals surface area contributed by atoms with E-state index in [0.717, 1.165) is 26.1 Å². The number of rotatable bonds is 9. The van der Waals surface area contributed by atoms with Gasteiger partial charge in [-0.2, -0.15) is 4.31 Å². The van der Waals surface area contributed by atoms with Crippen molar-refractivity contribution in [1.29, 1.82) is 0 Å². The fourth-order valence-corrected chi connectivity index (χ4v) is 5.57. The number of sulfonamides is 1. The van der Waals surface area contributed by atoms with E-state index in [4.69, 9.17) is 14.2 Å². The van der Waals surface area contributed by atoms with Gasteiger partial charge in [0.05, 0.1) is 38.4 Å². The Morgan fingerprint density at radius 1 is 1.12 bits per heavy atom. The van der Waals surface area contributed by atoms with Crippen LogP contribution in [0.1, 0.15) is 18.4 Å². The Balaban J connectivity index is 1.50. The first kappa shape index (κ1) is 26.4. The molecule has 0 unspecified atom stereocenters. The summed E-state index contributed by atoms with van der Waals surface area (Å²) in [7, 11) is -2.35. The fraction of sp³-hybridized carbons (Fsp3) is 0.636. The number of nitrogens with zero attached hydrogens (tertiary/aromatic N) is 2. The summed E-state index contributed by atoms with van der Waals surface area (Å²) in [6.07, 6.45) is 0.347. The summed E-state index contributed by atoms with van der Waals surface area (Å²) in [5.41, 5.74) is 0.691. The third-order valence-corrected chi connectivity index (χ3v) is 7.70. The third-order valence-electron chi connectivity index (χ3n) is 5.81. The van der Waals surface area contributed by atoms with Crippen molar-refractivity contribution in [3.05, 3.63) is 23.8 Å². The second-order valence-electron chi connectivity index (χ2n) is 8.20. The van der Waals surface area contributed by atoms with E-state index >= 15 is 0 Å². The fourth-order valence-electron chi connectivity index (χ4n) is 3.92. The number of ether oxygens (including phenoxy) is 3. The van der Waals surface area contributed by atoms with Gasteiger partial charge in [-0.05, 0) is 50.1 Å². The van der Waals surface area contributed by atoms with Crippen molar-refractivity contribution in [2.45, 2.75) is 30.9 Å². The van der Waals surface area contributed by atoms with Gasteiger partial charge in [-0.25, -0.2) is 8.42 Å². The standard InChI is InChI=1S/C22H34N4O7S/c1-17-15-18(5-6-19(17)31-2)34(29,30)26-9-4-12-33-20(26)16-24-22(28)21(27)23-7-3-8-25-10-13-32-14-11-25/h5-6,15,20H,3-4,7-14,16H2,1-2H3,(H,23,27)(H,24,28)/t20-/m0/s1. The van der Waals surface area contributed by atoms with Crippen molar-refractivity contribution >= 4 is 21.8 Å². The number of hydrogen-bond acceptors (Lipinski definition) is 8. The largest absolute Gasteiger partial charge is 0.496 e. The molecule has 2 N–H and O–H groups in total. The van der Waals surface area contributed by atoms with Crippen LogP contribution in [0.15, 0.2) is 23.1 Å². The zero-order chi connectivity index (χ0) is 24.6. The van der Waals surface area contributed by atoms with Crippen LogP contribution in [0.4, 0.5) is 0 Å². The molecule has 2 saturated heterocycles. The quantitative estimate of drug-likeness (QED) is 0.351. The predicted octanol–water partition coefficient (Wildman–Crippen LogP) is -0.305. The number of morpholine rings is 1. The molecule has 1 atom stereocenters. The second kappa shape index (κ2) is 12.5. The number of methoxy groups -OCH3 is 1. The minimum Gasteiger partial charge on any atom is -0.496 e. The molecule has 1 aromatic carbocycles. The predicted molar refractivity (Wildman–Crippen MR) is 124 cm³/mol. The number of aryl methyl sites for hydroxylation is 1. The van der Waals surface area contributed by atoms with E-state index in [1.54, 1.807) is 19.1 Å². The van der Waals surface area contributed by atoms with Gasteiger partial charge in [-0.1, -0.05) is 0 Å². The Morgan fingerprint density at radius 3 is 2.56 bits per heavy atom. The van der Waals surface area contributed by atoms with Crippen LogP contribution in [0.3, 0.4) is 0 Å². The zero-order valence-electron chi connectivity index (χ0n) is 19.7. The molecule has 2 fully saturated rings. The Kier molecular flexibility index (Phi) is 9.65. The van der Waals surface area contributed by atoms with E-state index in [1.165, 1.54) is 17.5 Å². The number of hydrogen-bond donors (Lipinski definition) is 2. The summed E-state index contributed by atoms with van der Waals surface area (Å²) >= 11 is 0. The molecule has 2 amide bonds. The highest BCUT2D eigenvalue weighted by atomic mass is 32.2. The molecular weight excluding hydrogens is 464 g/mol. The maximum absolute atomic E-state index is 13.2. The van der Waals surface area contributed by atoms with Crippen molar-refractivity contribution in [2.24, 2.45) is 0 Å². The number of amides is 2. The van der Waals surface area contributed by atoms with Gasteiger partial charge >= 0.3 is 11.8 Å². The maximum Gasteiger partial charge on any atom is 0.309 e. The van der Waals surface area contributed by atoms with Crippen molar-refractivity contribution in [3.8, 4) is 5.75 Å². The van der Waals surface area contributed by atoms with Crippen LogP contribution in [-0.2, 0) is 29.1 Å². The van der Waals surface area contributed by atoms with Crippen LogP contribution >= 0.6 is 0 Å². The Bertz CT molecular complexity index is 951. The molecule has 0 bridgehead atoms. The van der Waals surface area contributed by atoms with Gasteiger partial charge in [0.1, 0.15) is 12.0 Å². The molecule has 2 aliphatic rings. The minimum absolute atomic E-state index is 0.116. The summed E-state index contributed by atoms with van der Waals surface area (Å²) in [5, 5.41) is 5.10. The van der Waals surface area contributed by atoms with Crippen LogP contribution in [-0.4, -0.2) is 102 Å². The first-order valence-electron chi connectivity index (χ1n) is 11.5. The molecule has 0 spiro atoms. The number of benzene rings is 1. The Morgan fingerprint density at radius 2 is 1.85 bits per heavy atom. The summed E-state index contributed by atoms with van der Waals surface area (Å²) in [4.78, 5) is 26.7. The molecule has 2 aliphatic heterocycles.